The van der Waals surface area contributed by atoms with Crippen LogP contribution in [0.4, 0.5) is 0 Å². The molecule has 20 saturated carbocycles. The van der Waals surface area contributed by atoms with Crippen LogP contribution < -0.4 is 0 Å². The third kappa shape index (κ3) is 18.2. The molecule has 0 heterocycles. The average Bonchev–Trinajstić information content (AvgIpc) is 1.56. The van der Waals surface area contributed by atoms with Crippen molar-refractivity contribution in [2.45, 2.75) is 309 Å². The Morgan fingerprint density at radius 3 is 1.01 bits per heavy atom. The van der Waals surface area contributed by atoms with Gasteiger partial charge in [-0.1, -0.05) is 316 Å². The molecule has 41 atom stereocenters. The zero-order valence-electron chi connectivity index (χ0n) is 83.7. The number of hydrogen-bond donors (Lipinski definition) is 0. The highest BCUT2D eigenvalue weighted by Gasteiger charge is 2.66. The van der Waals surface area contributed by atoms with Gasteiger partial charge < -0.3 is 4.74 Å². The number of fused-ring (bicyclic) bond motifs is 51. The van der Waals surface area contributed by atoms with Gasteiger partial charge >= 0.3 is 0 Å². The van der Waals surface area contributed by atoms with Gasteiger partial charge in [-0.15, -0.1) is 0 Å². The molecule has 718 valence electrons. The lowest BCUT2D eigenvalue weighted by atomic mass is 9.64. The van der Waals surface area contributed by atoms with Gasteiger partial charge in [-0.2, -0.15) is 0 Å². The number of hydrogen-bond acceptors (Lipinski definition) is 1. The van der Waals surface area contributed by atoms with Crippen LogP contribution in [0.3, 0.4) is 0 Å². The van der Waals surface area contributed by atoms with Crippen LogP contribution in [0.2, 0.25) is 0 Å². The smallest absolute Gasteiger partial charge is 0.0907 e. The summed E-state index contributed by atoms with van der Waals surface area (Å²) in [5.74, 6) is 48.8. The van der Waals surface area contributed by atoms with E-state index in [2.05, 4.69) is 207 Å². The van der Waals surface area contributed by atoms with Gasteiger partial charge in [-0.3, -0.25) is 0 Å². The predicted octanol–water partition coefficient (Wildman–Crippen LogP) is 34.1. The average molecular weight is 1790 g/mol. The molecule has 1 heteroatoms. The molecule has 29 aliphatic rings. The van der Waals surface area contributed by atoms with Gasteiger partial charge in [0.1, 0.15) is 0 Å². The molecule has 0 aliphatic heterocycles. The van der Waals surface area contributed by atoms with Gasteiger partial charge in [0.2, 0.25) is 0 Å². The van der Waals surface area contributed by atoms with Crippen LogP contribution in [0.15, 0.2) is 213 Å². The van der Waals surface area contributed by atoms with Gasteiger partial charge in [0.15, 0.2) is 0 Å². The van der Waals surface area contributed by atoms with Crippen LogP contribution in [0.25, 0.3) is 0 Å². The summed E-state index contributed by atoms with van der Waals surface area (Å²) in [4.78, 5) is 0. The van der Waals surface area contributed by atoms with Crippen molar-refractivity contribution >= 4 is 0 Å². The fraction of sp³-hybridized carbons (Fsp3) is 0.714. The van der Waals surface area contributed by atoms with E-state index in [1.807, 2.05) is 6.92 Å². The highest BCUT2D eigenvalue weighted by molar-refractivity contribution is 5.29. The molecule has 0 aromatic heterocycles. The van der Waals surface area contributed by atoms with Crippen molar-refractivity contribution in [2.24, 2.45) is 272 Å². The second-order valence-electron chi connectivity index (χ2n) is 53.5. The molecule has 3 aromatic rings. The van der Waals surface area contributed by atoms with Crippen molar-refractivity contribution in [3.05, 3.63) is 229 Å². The second kappa shape index (κ2) is 40.0. The van der Waals surface area contributed by atoms with Gasteiger partial charge in [-0.05, 0) is 488 Å². The first-order chi connectivity index (χ1) is 66.1. The predicted molar refractivity (Wildman–Crippen MR) is 557 cm³/mol. The van der Waals surface area contributed by atoms with Crippen LogP contribution in [-0.4, -0.2) is 6.61 Å². The Bertz CT molecular complexity index is 4640. The number of ether oxygens (including phenoxy) is 1. The molecule has 0 spiro atoms. The molecular weight excluding hydrogens is 1610 g/mol. The number of benzene rings is 3. The van der Waals surface area contributed by atoms with E-state index in [-0.39, 0.29) is 0 Å². The Hall–Kier alpha value is -5.14. The highest BCUT2D eigenvalue weighted by atomic mass is 16.5. The topological polar surface area (TPSA) is 9.23 Å². The lowest BCUT2D eigenvalue weighted by Gasteiger charge is -2.41. The first-order valence-electron chi connectivity index (χ1n) is 59.7. The first kappa shape index (κ1) is 90.2. The van der Waals surface area contributed by atoms with Crippen LogP contribution >= 0.6 is 0 Å². The molecule has 32 rings (SSSR count). The molecule has 134 heavy (non-hydrogen) atoms. The fourth-order valence-corrected chi connectivity index (χ4v) is 42.2. The summed E-state index contributed by atoms with van der Waals surface area (Å²) in [7, 11) is 0. The van der Waals surface area contributed by atoms with E-state index >= 15 is 0 Å². The minimum absolute atomic E-state index is 0.825. The Balaban J connectivity index is 0.0000000822. The van der Waals surface area contributed by atoms with Crippen molar-refractivity contribution in [1.82, 2.24) is 0 Å². The van der Waals surface area contributed by atoms with E-state index < -0.39 is 0 Å². The normalized spacial score (nSPS) is 47.0. The van der Waals surface area contributed by atoms with Crippen LogP contribution in [-0.2, 0) is 24.0 Å². The summed E-state index contributed by atoms with van der Waals surface area (Å²) in [5.41, 5.74) is 4.51. The molecule has 0 N–H and O–H groups in total. The number of rotatable bonds is 21. The Labute approximate surface area is 816 Å². The molecule has 1 nitrogen and oxygen atoms in total. The molecule has 0 saturated heterocycles. The summed E-state index contributed by atoms with van der Waals surface area (Å²) < 4.78 is 5.69. The van der Waals surface area contributed by atoms with Crippen molar-refractivity contribution in [2.75, 3.05) is 6.61 Å². The Morgan fingerprint density at radius 1 is 0.239 bits per heavy atom. The SMILES string of the molecule is C1=CC2CC1C1C3C=CC(C3)C21.C1=CC2CC1C1C3CC(C4CCCCC4)C(C3)C21.C1=CC2CC1C1C3CC(CC4CCCCC4)C(C3)C21.C1=CC2CC1C1C3CC(CCC4CCCCC4)C(C3)C21.C1=CC2CC1CC2CCCCc1ccccc1.C1=CC2CC1CC2CCCc1ccccc1.C1=CC2CC1CC2CCc1ccccc1.C=C(C)OCC1CC2CC1C1C3C=CC(C3)C21. The molecule has 26 bridgehead atoms. The zero-order valence-corrected chi connectivity index (χ0v) is 83.7. The molecule has 0 amide bonds. The van der Waals surface area contributed by atoms with Gasteiger partial charge in [0, 0.05) is 0 Å². The summed E-state index contributed by atoms with van der Waals surface area (Å²) in [6.45, 7) is 6.75. The van der Waals surface area contributed by atoms with E-state index in [1.165, 1.54) is 196 Å². The summed E-state index contributed by atoms with van der Waals surface area (Å²) in [6, 6.07) is 32.7. The Kier molecular flexibility index (Phi) is 26.9. The summed E-state index contributed by atoms with van der Waals surface area (Å²) >= 11 is 0. The number of unbranched alkanes of at least 4 members (excludes halogenated alkanes) is 1. The number of aryl methyl sites for hydroxylation is 3. The molecule has 29 aliphatic carbocycles. The molecule has 41 unspecified atom stereocenters. The second-order valence-corrected chi connectivity index (χ2v) is 53.5. The van der Waals surface area contributed by atoms with Crippen molar-refractivity contribution in [3.8, 4) is 0 Å². The molecule has 20 fully saturated rings. The van der Waals surface area contributed by atoms with E-state index in [0.29, 0.717) is 0 Å². The monoisotopic (exact) mass is 1790 g/mol. The highest BCUT2D eigenvalue weighted by Crippen LogP contribution is 2.73. The van der Waals surface area contributed by atoms with Gasteiger partial charge in [0.25, 0.3) is 0 Å². The van der Waals surface area contributed by atoms with E-state index in [9.17, 15) is 0 Å². The summed E-state index contributed by atoms with van der Waals surface area (Å²) in [6.07, 6.45) is 116. The minimum Gasteiger partial charge on any atom is -0.499 e. The lowest BCUT2D eigenvalue weighted by Crippen LogP contribution is -2.34. The van der Waals surface area contributed by atoms with Crippen LogP contribution in [0.5, 0.6) is 0 Å². The van der Waals surface area contributed by atoms with Crippen molar-refractivity contribution in [1.29, 1.82) is 0 Å². The van der Waals surface area contributed by atoms with E-state index in [0.717, 1.165) is 285 Å². The van der Waals surface area contributed by atoms with E-state index in [1.54, 1.807) is 122 Å². The van der Waals surface area contributed by atoms with Crippen molar-refractivity contribution in [3.63, 3.8) is 0 Å². The maximum absolute atomic E-state index is 5.69. The first-order valence-corrected chi connectivity index (χ1v) is 59.7. The molecule has 0 radical (unpaired) electrons. The van der Waals surface area contributed by atoms with Crippen molar-refractivity contribution < 1.29 is 4.74 Å². The fourth-order valence-electron chi connectivity index (χ4n) is 42.2. The quantitative estimate of drug-likeness (QED) is 0.0447. The van der Waals surface area contributed by atoms with Gasteiger partial charge in [-0.25, -0.2) is 0 Å². The summed E-state index contributed by atoms with van der Waals surface area (Å²) in [5, 5.41) is 0. The largest absolute Gasteiger partial charge is 0.499 e. The van der Waals surface area contributed by atoms with Crippen LogP contribution in [0, 0.1) is 272 Å². The third-order valence-corrected chi connectivity index (χ3v) is 47.0. The maximum atomic E-state index is 5.69. The van der Waals surface area contributed by atoms with Crippen LogP contribution in [0.1, 0.15) is 306 Å². The molecular formula is C133H180O. The third-order valence-electron chi connectivity index (χ3n) is 47.0. The number of allylic oxidation sites excluding steroid dienone is 19. The standard InChI is InChI=1S/C20H30.C19H28.C18H26.C17H22.C16H22O.C16H20.C15H18.C12H14/c1-2-4-13(5-3-1)6-7-14-10-17-12-18(14)20-16-9-8-15(11-16)19(17)20;1-2-4-12(5-3-1)8-15-10-16-11-17(15)19-14-7-6-13(9-14)18(16)19;1-2-4-11(5-3-1)15-9-14-10-16(15)18-13-7-6-12(8-13)17(14)18;1-2-6-14(7-3-1)8-4-5-9-16-12-15-10-11-17(16)13-15;1-9(2)17-8-13-6-12-7-14(13)16-11-4-3-10(5-11)15(12)16;1-2-5-13(6-3-1)7-4-8-15-11-14-9-10-16(15)12-14;1-2-4-12(5-3-1)6-8-14-10-13-7-9-15(14)11-13;1-2-8-5-7(1)11-9-3-4-10(6-9)12(8)11/h8-9,13-20H,1-7,10-12H2;6-7,12-19H,1-5,8-11H2;6-7,11-18H,1-5,8-10H2;1-3,6-7,10-11,15-17H,4-5,8-9,12-13H2;3-4,10-16H,1,5-8H2,2H3;1-3,5-6,9-10,14-16H,4,7-8,11-12H2;1-5,7,9,13-15H,6,8,10-11H2;1-4,7-12H,5-6H2. The minimum atomic E-state index is 0.825. The Morgan fingerprint density at radius 2 is 0.575 bits per heavy atom. The lowest BCUT2D eigenvalue weighted by molar-refractivity contribution is 0.0806. The zero-order chi connectivity index (χ0) is 88.9. The van der Waals surface area contributed by atoms with E-state index in [4.69, 9.17) is 4.74 Å². The van der Waals surface area contributed by atoms with Gasteiger partial charge in [0.05, 0.1) is 12.4 Å². The maximum Gasteiger partial charge on any atom is 0.0907 e. The molecule has 3 aromatic carbocycles.